The van der Waals surface area contributed by atoms with E-state index in [1.165, 1.54) is 12.1 Å². The molecule has 116 valence electrons. The van der Waals surface area contributed by atoms with Gasteiger partial charge in [0.15, 0.2) is 0 Å². The Balaban J connectivity index is 0.00000220. The van der Waals surface area contributed by atoms with Gasteiger partial charge in [0.2, 0.25) is 11.9 Å². The number of imidazole rings is 1. The average Bonchev–Trinajstić information content (AvgIpc) is 2.71. The molecule has 0 saturated carbocycles. The number of hydrogen-bond acceptors (Lipinski definition) is 4. The predicted octanol–water partition coefficient (Wildman–Crippen LogP) is 1.31. The van der Waals surface area contributed by atoms with Crippen LogP contribution in [0.1, 0.15) is 0 Å². The standard InChI is InChI=1S/C13H17FN4O2.ClH/c1-18-11-4-3-9(14)7-10(11)16-13(18)17-12(19)8-15-5-6-20-2;/h3-4,7,15H,5-6,8H2,1-2H3,(H,16,17,19);1H. The lowest BCUT2D eigenvalue weighted by molar-refractivity contribution is -0.115. The van der Waals surface area contributed by atoms with Crippen LogP contribution in [0.5, 0.6) is 0 Å². The van der Waals surface area contributed by atoms with Crippen LogP contribution in [0.4, 0.5) is 10.3 Å². The fraction of sp³-hybridized carbons (Fsp3) is 0.385. The van der Waals surface area contributed by atoms with Crippen LogP contribution in [-0.2, 0) is 16.6 Å². The smallest absolute Gasteiger partial charge is 0.240 e. The highest BCUT2D eigenvalue weighted by molar-refractivity contribution is 5.92. The Morgan fingerprint density at radius 2 is 2.24 bits per heavy atom. The van der Waals surface area contributed by atoms with Crippen LogP contribution >= 0.6 is 12.4 Å². The first-order valence-corrected chi connectivity index (χ1v) is 6.23. The number of methoxy groups -OCH3 is 1. The lowest BCUT2D eigenvalue weighted by atomic mass is 10.3. The number of amides is 1. The summed E-state index contributed by atoms with van der Waals surface area (Å²) in [4.78, 5) is 15.9. The molecule has 8 heteroatoms. The van der Waals surface area contributed by atoms with E-state index in [9.17, 15) is 9.18 Å². The highest BCUT2D eigenvalue weighted by atomic mass is 35.5. The van der Waals surface area contributed by atoms with Crippen LogP contribution in [0, 0.1) is 5.82 Å². The van der Waals surface area contributed by atoms with Crippen LogP contribution in [-0.4, -0.2) is 42.3 Å². The molecule has 0 atom stereocenters. The van der Waals surface area contributed by atoms with Gasteiger partial charge in [-0.05, 0) is 12.1 Å². The van der Waals surface area contributed by atoms with Gasteiger partial charge in [-0.3, -0.25) is 10.1 Å². The van der Waals surface area contributed by atoms with Crippen molar-refractivity contribution in [3.05, 3.63) is 24.0 Å². The second kappa shape index (κ2) is 7.92. The molecule has 0 bridgehead atoms. The molecule has 2 aromatic rings. The number of halogens is 2. The van der Waals surface area contributed by atoms with Crippen molar-refractivity contribution < 1.29 is 13.9 Å². The topological polar surface area (TPSA) is 68.2 Å². The lowest BCUT2D eigenvalue weighted by Gasteiger charge is -2.06. The summed E-state index contributed by atoms with van der Waals surface area (Å²) in [5.74, 6) is -0.168. The highest BCUT2D eigenvalue weighted by Gasteiger charge is 2.11. The number of rotatable bonds is 6. The first-order chi connectivity index (χ1) is 9.61. The number of hydrogen-bond donors (Lipinski definition) is 2. The van der Waals surface area contributed by atoms with Crippen LogP contribution in [0.25, 0.3) is 11.0 Å². The second-order valence-electron chi connectivity index (χ2n) is 4.35. The molecule has 0 saturated heterocycles. The maximum Gasteiger partial charge on any atom is 0.240 e. The summed E-state index contributed by atoms with van der Waals surface area (Å²) in [5.41, 5.74) is 1.27. The van der Waals surface area contributed by atoms with Crippen LogP contribution < -0.4 is 10.6 Å². The molecule has 1 aromatic heterocycles. The van der Waals surface area contributed by atoms with E-state index in [2.05, 4.69) is 15.6 Å². The van der Waals surface area contributed by atoms with Crippen molar-refractivity contribution in [2.24, 2.45) is 7.05 Å². The Kier molecular flexibility index (Phi) is 6.54. The molecule has 1 heterocycles. The van der Waals surface area contributed by atoms with E-state index in [0.717, 1.165) is 5.52 Å². The molecular formula is C13H18ClFN4O2. The zero-order valence-electron chi connectivity index (χ0n) is 11.9. The van der Waals surface area contributed by atoms with Gasteiger partial charge in [0.05, 0.1) is 24.2 Å². The molecule has 2 N–H and O–H groups in total. The molecule has 21 heavy (non-hydrogen) atoms. The monoisotopic (exact) mass is 316 g/mol. The van der Waals surface area contributed by atoms with E-state index < -0.39 is 0 Å². The largest absolute Gasteiger partial charge is 0.383 e. The van der Waals surface area contributed by atoms with Crippen LogP contribution in [0.15, 0.2) is 18.2 Å². The zero-order valence-corrected chi connectivity index (χ0v) is 12.7. The molecule has 6 nitrogen and oxygen atoms in total. The molecule has 0 radical (unpaired) electrons. The summed E-state index contributed by atoms with van der Waals surface area (Å²) < 4.78 is 19.7. The van der Waals surface area contributed by atoms with Crippen molar-refractivity contribution >= 4 is 35.3 Å². The Hall–Kier alpha value is -1.70. The van der Waals surface area contributed by atoms with Crippen LogP contribution in [0.2, 0.25) is 0 Å². The van der Waals surface area contributed by atoms with Gasteiger partial charge in [0.25, 0.3) is 0 Å². The SMILES string of the molecule is COCCNCC(=O)Nc1nc2cc(F)ccc2n1C.Cl. The van der Waals surface area contributed by atoms with E-state index in [1.807, 2.05) is 0 Å². The maximum absolute atomic E-state index is 13.1. The molecule has 0 aliphatic rings. The number of nitrogens with zero attached hydrogens (tertiary/aromatic N) is 2. The van der Waals surface area contributed by atoms with E-state index in [-0.39, 0.29) is 30.7 Å². The molecule has 0 aliphatic heterocycles. The van der Waals surface area contributed by atoms with Gasteiger partial charge in [0, 0.05) is 26.8 Å². The average molecular weight is 317 g/mol. The Bertz CT molecular complexity index is 617. The van der Waals surface area contributed by atoms with Crippen molar-refractivity contribution in [3.8, 4) is 0 Å². The first kappa shape index (κ1) is 17.4. The van der Waals surface area contributed by atoms with Gasteiger partial charge in [0.1, 0.15) is 5.82 Å². The number of nitrogens with one attached hydrogen (secondary N) is 2. The molecular weight excluding hydrogens is 299 g/mol. The lowest BCUT2D eigenvalue weighted by Crippen LogP contribution is -2.31. The molecule has 2 rings (SSSR count). The number of ether oxygens (including phenoxy) is 1. The summed E-state index contributed by atoms with van der Waals surface area (Å²) in [6.45, 7) is 1.30. The quantitative estimate of drug-likeness (QED) is 0.789. The molecule has 1 amide bonds. The fourth-order valence-corrected chi connectivity index (χ4v) is 1.83. The van der Waals surface area contributed by atoms with Gasteiger partial charge < -0.3 is 14.6 Å². The van der Waals surface area contributed by atoms with Crippen molar-refractivity contribution in [2.45, 2.75) is 0 Å². The van der Waals surface area contributed by atoms with E-state index >= 15 is 0 Å². The third-order valence-corrected chi connectivity index (χ3v) is 2.86. The number of benzene rings is 1. The zero-order chi connectivity index (χ0) is 14.5. The minimum atomic E-state index is -0.352. The van der Waals surface area contributed by atoms with Gasteiger partial charge in [-0.15, -0.1) is 12.4 Å². The summed E-state index contributed by atoms with van der Waals surface area (Å²) >= 11 is 0. The van der Waals surface area contributed by atoms with Crippen LogP contribution in [0.3, 0.4) is 0 Å². The first-order valence-electron chi connectivity index (χ1n) is 6.23. The van der Waals surface area contributed by atoms with Gasteiger partial charge in [-0.1, -0.05) is 0 Å². The number of fused-ring (bicyclic) bond motifs is 1. The molecule has 0 spiro atoms. The Labute approximate surface area is 128 Å². The number of aryl methyl sites for hydroxylation is 1. The van der Waals surface area contributed by atoms with E-state index in [0.29, 0.717) is 24.6 Å². The fourth-order valence-electron chi connectivity index (χ4n) is 1.83. The number of carbonyl (C=O) groups is 1. The summed E-state index contributed by atoms with van der Waals surface area (Å²) in [6.07, 6.45) is 0. The van der Waals surface area contributed by atoms with Crippen molar-refractivity contribution in [1.82, 2.24) is 14.9 Å². The number of anilines is 1. The molecule has 0 aliphatic carbocycles. The van der Waals surface area contributed by atoms with Gasteiger partial charge in [-0.2, -0.15) is 0 Å². The predicted molar refractivity (Wildman–Crippen MR) is 81.3 cm³/mol. The van der Waals surface area contributed by atoms with Crippen molar-refractivity contribution in [1.29, 1.82) is 0 Å². The van der Waals surface area contributed by atoms with E-state index in [4.69, 9.17) is 4.74 Å². The van der Waals surface area contributed by atoms with E-state index in [1.54, 1.807) is 24.8 Å². The van der Waals surface area contributed by atoms with Crippen molar-refractivity contribution in [2.75, 3.05) is 32.1 Å². The normalized spacial score (nSPS) is 10.4. The summed E-state index contributed by atoms with van der Waals surface area (Å²) in [6, 6.07) is 4.33. The molecule has 0 unspecified atom stereocenters. The number of aromatic nitrogens is 2. The third kappa shape index (κ3) is 4.38. The third-order valence-electron chi connectivity index (χ3n) is 2.86. The Morgan fingerprint density at radius 1 is 1.48 bits per heavy atom. The maximum atomic E-state index is 13.1. The van der Waals surface area contributed by atoms with Crippen molar-refractivity contribution in [3.63, 3.8) is 0 Å². The Morgan fingerprint density at radius 3 is 2.95 bits per heavy atom. The molecule has 1 aromatic carbocycles. The second-order valence-corrected chi connectivity index (χ2v) is 4.35. The summed E-state index contributed by atoms with van der Waals surface area (Å²) in [7, 11) is 3.36. The highest BCUT2D eigenvalue weighted by Crippen LogP contribution is 2.18. The molecule has 0 fully saturated rings. The number of carbonyl (C=O) groups excluding carboxylic acids is 1. The summed E-state index contributed by atoms with van der Waals surface area (Å²) in [5, 5.41) is 5.62. The van der Waals surface area contributed by atoms with Gasteiger partial charge >= 0.3 is 0 Å². The minimum absolute atomic E-state index is 0. The minimum Gasteiger partial charge on any atom is -0.383 e. The van der Waals surface area contributed by atoms with Gasteiger partial charge in [-0.25, -0.2) is 9.37 Å².